The summed E-state index contributed by atoms with van der Waals surface area (Å²) in [6.45, 7) is 2.27. The van der Waals surface area contributed by atoms with Crippen molar-refractivity contribution < 1.29 is 9.59 Å². The van der Waals surface area contributed by atoms with Crippen LogP contribution in [0.3, 0.4) is 0 Å². The Bertz CT molecular complexity index is 527. The predicted octanol–water partition coefficient (Wildman–Crippen LogP) is 1.65. The van der Waals surface area contributed by atoms with Crippen LogP contribution in [-0.4, -0.2) is 29.3 Å². The third kappa shape index (κ3) is 2.72. The van der Waals surface area contributed by atoms with Gasteiger partial charge >= 0.3 is 0 Å². The minimum absolute atomic E-state index is 0.0359. The highest BCUT2D eigenvalue weighted by Crippen LogP contribution is 2.28. The number of hydrogen-bond donors (Lipinski definition) is 2. The molecule has 6 heteroatoms. The van der Waals surface area contributed by atoms with E-state index in [-0.39, 0.29) is 23.8 Å². The molecule has 0 spiro atoms. The Morgan fingerprint density at radius 2 is 2.05 bits per heavy atom. The number of rotatable bonds is 2. The van der Waals surface area contributed by atoms with Crippen molar-refractivity contribution in [1.82, 2.24) is 4.90 Å². The molecule has 4 N–H and O–H groups in total. The van der Waals surface area contributed by atoms with Gasteiger partial charge in [-0.15, -0.1) is 0 Å². The molecule has 1 aliphatic heterocycles. The van der Waals surface area contributed by atoms with E-state index in [2.05, 4.69) is 0 Å². The van der Waals surface area contributed by atoms with Gasteiger partial charge in [-0.3, -0.25) is 9.59 Å². The molecular formula is C14H18ClN3O2. The number of primary amides is 1. The quantitative estimate of drug-likeness (QED) is 0.813. The fraction of sp³-hybridized carbons (Fsp3) is 0.429. The predicted molar refractivity (Wildman–Crippen MR) is 78.3 cm³/mol. The van der Waals surface area contributed by atoms with Crippen LogP contribution in [0.15, 0.2) is 18.2 Å². The van der Waals surface area contributed by atoms with Gasteiger partial charge in [0.05, 0.1) is 16.5 Å². The van der Waals surface area contributed by atoms with E-state index in [1.807, 2.05) is 6.92 Å². The van der Waals surface area contributed by atoms with E-state index in [0.29, 0.717) is 29.2 Å². The second-order valence-electron chi connectivity index (χ2n) is 5.19. The lowest BCUT2D eigenvalue weighted by molar-refractivity contribution is -0.123. The second-order valence-corrected chi connectivity index (χ2v) is 5.59. The van der Waals surface area contributed by atoms with Gasteiger partial charge in [-0.25, -0.2) is 0 Å². The molecule has 0 bridgehead atoms. The Morgan fingerprint density at radius 1 is 1.35 bits per heavy atom. The standard InChI is InChI=1S/C14H18ClN3O2/c1-8-5-6-9(13(17)19)7-18(8)14(20)12-10(15)3-2-4-11(12)16/h2-4,8-9H,5-7,16H2,1H3,(H2,17,19). The van der Waals surface area contributed by atoms with Gasteiger partial charge in [0.25, 0.3) is 5.91 Å². The number of nitrogens with two attached hydrogens (primary N) is 2. The van der Waals surface area contributed by atoms with Crippen LogP contribution in [0.1, 0.15) is 30.1 Å². The molecule has 2 amide bonds. The average Bonchev–Trinajstić information content (AvgIpc) is 2.38. The maximum atomic E-state index is 12.6. The summed E-state index contributed by atoms with van der Waals surface area (Å²) >= 11 is 6.07. The number of likely N-dealkylation sites (tertiary alicyclic amines) is 1. The van der Waals surface area contributed by atoms with Gasteiger partial charge in [0.2, 0.25) is 5.91 Å². The van der Waals surface area contributed by atoms with Crippen molar-refractivity contribution in [3.05, 3.63) is 28.8 Å². The van der Waals surface area contributed by atoms with E-state index < -0.39 is 0 Å². The summed E-state index contributed by atoms with van der Waals surface area (Å²) in [6, 6.07) is 5.00. The van der Waals surface area contributed by atoms with Crippen molar-refractivity contribution in [2.45, 2.75) is 25.8 Å². The summed E-state index contributed by atoms with van der Waals surface area (Å²) in [6.07, 6.45) is 1.45. The first-order chi connectivity index (χ1) is 9.41. The molecule has 0 aromatic heterocycles. The minimum Gasteiger partial charge on any atom is -0.398 e. The molecule has 1 aliphatic rings. The van der Waals surface area contributed by atoms with Crippen LogP contribution in [0.5, 0.6) is 0 Å². The number of anilines is 1. The number of amides is 2. The molecule has 2 rings (SSSR count). The van der Waals surface area contributed by atoms with E-state index in [0.717, 1.165) is 6.42 Å². The molecule has 108 valence electrons. The van der Waals surface area contributed by atoms with Crippen molar-refractivity contribution >= 4 is 29.1 Å². The maximum Gasteiger partial charge on any atom is 0.257 e. The van der Waals surface area contributed by atoms with Gasteiger partial charge in [0.15, 0.2) is 0 Å². The number of nitrogen functional groups attached to an aromatic ring is 1. The highest BCUT2D eigenvalue weighted by molar-refractivity contribution is 6.34. The van der Waals surface area contributed by atoms with Crippen LogP contribution in [0, 0.1) is 5.92 Å². The highest BCUT2D eigenvalue weighted by atomic mass is 35.5. The number of benzene rings is 1. The minimum atomic E-state index is -0.373. The first-order valence-corrected chi connectivity index (χ1v) is 6.94. The molecule has 1 heterocycles. The molecule has 0 radical (unpaired) electrons. The van der Waals surface area contributed by atoms with Crippen molar-refractivity contribution in [3.8, 4) is 0 Å². The molecule has 0 saturated carbocycles. The van der Waals surface area contributed by atoms with E-state index in [4.69, 9.17) is 23.1 Å². The number of carbonyl (C=O) groups is 2. The molecule has 1 saturated heterocycles. The van der Waals surface area contributed by atoms with Crippen molar-refractivity contribution in [2.75, 3.05) is 12.3 Å². The Labute approximate surface area is 122 Å². The topological polar surface area (TPSA) is 89.4 Å². The largest absolute Gasteiger partial charge is 0.398 e. The summed E-state index contributed by atoms with van der Waals surface area (Å²) in [7, 11) is 0. The molecular weight excluding hydrogens is 278 g/mol. The fourth-order valence-electron chi connectivity index (χ4n) is 2.53. The first kappa shape index (κ1) is 14.7. The zero-order chi connectivity index (χ0) is 14.9. The lowest BCUT2D eigenvalue weighted by atomic mass is 9.92. The third-order valence-electron chi connectivity index (χ3n) is 3.80. The van der Waals surface area contributed by atoms with Crippen LogP contribution in [0.4, 0.5) is 5.69 Å². The van der Waals surface area contributed by atoms with Crippen molar-refractivity contribution in [1.29, 1.82) is 0 Å². The van der Waals surface area contributed by atoms with E-state index in [1.54, 1.807) is 23.1 Å². The summed E-state index contributed by atoms with van der Waals surface area (Å²) in [5.74, 6) is -0.924. The van der Waals surface area contributed by atoms with Crippen molar-refractivity contribution in [2.24, 2.45) is 11.7 Å². The van der Waals surface area contributed by atoms with E-state index in [9.17, 15) is 9.59 Å². The molecule has 0 aliphatic carbocycles. The van der Waals surface area contributed by atoms with Gasteiger partial charge in [0, 0.05) is 18.3 Å². The van der Waals surface area contributed by atoms with Crippen molar-refractivity contribution in [3.63, 3.8) is 0 Å². The summed E-state index contributed by atoms with van der Waals surface area (Å²) in [4.78, 5) is 25.6. The molecule has 2 unspecified atom stereocenters. The normalized spacial score (nSPS) is 22.6. The SMILES string of the molecule is CC1CCC(C(N)=O)CN1C(=O)c1c(N)cccc1Cl. The zero-order valence-corrected chi connectivity index (χ0v) is 12.1. The van der Waals surface area contributed by atoms with Gasteiger partial charge in [0.1, 0.15) is 0 Å². The van der Waals surface area contributed by atoms with Gasteiger partial charge < -0.3 is 16.4 Å². The smallest absolute Gasteiger partial charge is 0.257 e. The fourth-order valence-corrected chi connectivity index (χ4v) is 2.79. The van der Waals surface area contributed by atoms with Crippen LogP contribution in [0.2, 0.25) is 5.02 Å². The highest BCUT2D eigenvalue weighted by Gasteiger charge is 2.33. The molecule has 20 heavy (non-hydrogen) atoms. The molecule has 1 aromatic rings. The van der Waals surface area contributed by atoms with Gasteiger partial charge in [-0.2, -0.15) is 0 Å². The Kier molecular flexibility index (Phi) is 4.18. The number of hydrogen-bond acceptors (Lipinski definition) is 3. The molecule has 1 aromatic carbocycles. The Morgan fingerprint density at radius 3 is 2.65 bits per heavy atom. The summed E-state index contributed by atoms with van der Waals surface area (Å²) in [5.41, 5.74) is 11.8. The molecule has 2 atom stereocenters. The Balaban J connectivity index is 2.29. The first-order valence-electron chi connectivity index (χ1n) is 6.56. The number of piperidine rings is 1. The average molecular weight is 296 g/mol. The number of halogens is 1. The van der Waals surface area contributed by atoms with Crippen LogP contribution in [0.25, 0.3) is 0 Å². The molecule has 1 fully saturated rings. The Hall–Kier alpha value is -1.75. The number of carbonyl (C=O) groups excluding carboxylic acids is 2. The van der Waals surface area contributed by atoms with Gasteiger partial charge in [-0.1, -0.05) is 17.7 Å². The van der Waals surface area contributed by atoms with Crippen LogP contribution < -0.4 is 11.5 Å². The van der Waals surface area contributed by atoms with E-state index >= 15 is 0 Å². The zero-order valence-electron chi connectivity index (χ0n) is 11.3. The van der Waals surface area contributed by atoms with Crippen LogP contribution >= 0.6 is 11.6 Å². The second kappa shape index (κ2) is 5.71. The molecule has 5 nitrogen and oxygen atoms in total. The maximum absolute atomic E-state index is 12.6. The monoisotopic (exact) mass is 295 g/mol. The van der Waals surface area contributed by atoms with Gasteiger partial charge in [-0.05, 0) is 31.9 Å². The van der Waals surface area contributed by atoms with E-state index in [1.165, 1.54) is 0 Å². The lowest BCUT2D eigenvalue weighted by Crippen LogP contribution is -2.48. The third-order valence-corrected chi connectivity index (χ3v) is 4.12. The summed E-state index contributed by atoms with van der Waals surface area (Å²) < 4.78 is 0. The number of nitrogens with zero attached hydrogens (tertiary/aromatic N) is 1. The summed E-state index contributed by atoms with van der Waals surface area (Å²) in [5, 5.41) is 0.323. The van der Waals surface area contributed by atoms with Crippen LogP contribution in [-0.2, 0) is 4.79 Å². The lowest BCUT2D eigenvalue weighted by Gasteiger charge is -2.37.